The summed E-state index contributed by atoms with van der Waals surface area (Å²) in [5.41, 5.74) is 2.10. The fraction of sp³-hybridized carbons (Fsp3) is 0.471. The Bertz CT molecular complexity index is 605. The van der Waals surface area contributed by atoms with Crippen LogP contribution in [0.1, 0.15) is 39.7 Å². The first-order valence-corrected chi connectivity index (χ1v) is 7.18. The maximum Gasteiger partial charge on any atom is 0.308 e. The van der Waals surface area contributed by atoms with Gasteiger partial charge in [-0.25, -0.2) is 0 Å². The summed E-state index contributed by atoms with van der Waals surface area (Å²) in [5.74, 6) is -0.149. The minimum atomic E-state index is -0.411. The molecular weight excluding hydrogens is 250 g/mol. The zero-order valence-electron chi connectivity index (χ0n) is 12.8. The number of esters is 1. The highest BCUT2D eigenvalue weighted by Gasteiger charge is 2.16. The van der Waals surface area contributed by atoms with E-state index in [1.807, 2.05) is 27.0 Å². The second kappa shape index (κ2) is 5.70. The van der Waals surface area contributed by atoms with Crippen LogP contribution in [0.25, 0.3) is 10.9 Å². The van der Waals surface area contributed by atoms with E-state index in [0.717, 1.165) is 6.42 Å². The quantitative estimate of drug-likeness (QED) is 0.790. The lowest BCUT2D eigenvalue weighted by Crippen LogP contribution is -2.24. The molecule has 0 saturated heterocycles. The number of nitrogens with zero attached hydrogens (tertiary/aromatic N) is 1. The monoisotopic (exact) mass is 273 g/mol. The highest BCUT2D eigenvalue weighted by Crippen LogP contribution is 2.19. The van der Waals surface area contributed by atoms with Gasteiger partial charge in [0.1, 0.15) is 5.60 Å². The number of fused-ring (bicyclic) bond motifs is 1. The van der Waals surface area contributed by atoms with Crippen molar-refractivity contribution < 1.29 is 9.53 Å². The maximum absolute atomic E-state index is 11.8. The number of ether oxygens (including phenoxy) is 1. The Morgan fingerprint density at radius 3 is 2.65 bits per heavy atom. The standard InChI is InChI=1S/C17H23NO2/c1-5-13-6-7-15-14(12-13)8-10-18(15)11-9-16(19)20-17(2,3)4/h6-8,10,12H,5,9,11H2,1-4H3. The summed E-state index contributed by atoms with van der Waals surface area (Å²) >= 11 is 0. The first-order chi connectivity index (χ1) is 9.39. The summed E-state index contributed by atoms with van der Waals surface area (Å²) < 4.78 is 7.44. The average Bonchev–Trinajstić information content (AvgIpc) is 2.76. The lowest BCUT2D eigenvalue weighted by atomic mass is 10.1. The molecule has 108 valence electrons. The van der Waals surface area contributed by atoms with Crippen molar-refractivity contribution >= 4 is 16.9 Å². The van der Waals surface area contributed by atoms with Crippen LogP contribution in [-0.4, -0.2) is 16.1 Å². The second-order valence-corrected chi connectivity index (χ2v) is 6.09. The molecule has 0 amide bonds. The molecule has 2 rings (SSSR count). The first-order valence-electron chi connectivity index (χ1n) is 7.18. The summed E-state index contributed by atoms with van der Waals surface area (Å²) in [5, 5.41) is 1.23. The van der Waals surface area contributed by atoms with E-state index in [1.54, 1.807) is 0 Å². The Balaban J connectivity index is 2.05. The van der Waals surface area contributed by atoms with Crippen LogP contribution in [0.3, 0.4) is 0 Å². The third-order valence-electron chi connectivity index (χ3n) is 3.22. The van der Waals surface area contributed by atoms with E-state index in [1.165, 1.54) is 16.5 Å². The minimum Gasteiger partial charge on any atom is -0.460 e. The summed E-state index contributed by atoms with van der Waals surface area (Å²) in [7, 11) is 0. The molecule has 0 saturated carbocycles. The molecule has 0 N–H and O–H groups in total. The third-order valence-corrected chi connectivity index (χ3v) is 3.22. The minimum absolute atomic E-state index is 0.149. The summed E-state index contributed by atoms with van der Waals surface area (Å²) in [6, 6.07) is 8.58. The Hall–Kier alpha value is -1.77. The molecular formula is C17H23NO2. The molecule has 2 aromatic rings. The van der Waals surface area contributed by atoms with Gasteiger partial charge in [0.25, 0.3) is 0 Å². The largest absolute Gasteiger partial charge is 0.460 e. The molecule has 0 unspecified atom stereocenters. The van der Waals surface area contributed by atoms with Crippen LogP contribution in [-0.2, 0) is 22.5 Å². The zero-order chi connectivity index (χ0) is 14.8. The van der Waals surface area contributed by atoms with E-state index in [0.29, 0.717) is 13.0 Å². The van der Waals surface area contributed by atoms with Crippen molar-refractivity contribution in [1.82, 2.24) is 4.57 Å². The van der Waals surface area contributed by atoms with Gasteiger partial charge in [-0.15, -0.1) is 0 Å². The van der Waals surface area contributed by atoms with Gasteiger partial charge < -0.3 is 9.30 Å². The van der Waals surface area contributed by atoms with Crippen LogP contribution in [0.2, 0.25) is 0 Å². The van der Waals surface area contributed by atoms with Crippen molar-refractivity contribution in [3.8, 4) is 0 Å². The SMILES string of the molecule is CCc1ccc2c(ccn2CCC(=O)OC(C)(C)C)c1. The van der Waals surface area contributed by atoms with Gasteiger partial charge in [0.2, 0.25) is 0 Å². The fourth-order valence-corrected chi connectivity index (χ4v) is 2.27. The summed E-state index contributed by atoms with van der Waals surface area (Å²) in [4.78, 5) is 11.8. The van der Waals surface area contributed by atoms with Crippen molar-refractivity contribution in [3.05, 3.63) is 36.0 Å². The van der Waals surface area contributed by atoms with Gasteiger partial charge >= 0.3 is 5.97 Å². The molecule has 0 aliphatic carbocycles. The lowest BCUT2D eigenvalue weighted by molar-refractivity contribution is -0.155. The van der Waals surface area contributed by atoms with Gasteiger partial charge in [-0.05, 0) is 56.3 Å². The van der Waals surface area contributed by atoms with Gasteiger partial charge in [0.05, 0.1) is 6.42 Å². The van der Waals surface area contributed by atoms with Gasteiger partial charge in [-0.2, -0.15) is 0 Å². The van der Waals surface area contributed by atoms with Gasteiger partial charge in [-0.1, -0.05) is 13.0 Å². The molecule has 20 heavy (non-hydrogen) atoms. The maximum atomic E-state index is 11.8. The Kier molecular flexibility index (Phi) is 4.17. The molecule has 1 aromatic carbocycles. The molecule has 3 heteroatoms. The summed E-state index contributed by atoms with van der Waals surface area (Å²) in [6.45, 7) is 8.48. The molecule has 1 heterocycles. The van der Waals surface area contributed by atoms with Crippen molar-refractivity contribution in [2.75, 3.05) is 0 Å². The van der Waals surface area contributed by atoms with Crippen LogP contribution in [0.5, 0.6) is 0 Å². The van der Waals surface area contributed by atoms with Crippen LogP contribution in [0.15, 0.2) is 30.5 Å². The topological polar surface area (TPSA) is 31.2 Å². The Labute approximate surface area is 120 Å². The van der Waals surface area contributed by atoms with Crippen molar-refractivity contribution in [3.63, 3.8) is 0 Å². The third kappa shape index (κ3) is 3.62. The first kappa shape index (κ1) is 14.6. The molecule has 0 spiro atoms. The molecule has 0 radical (unpaired) electrons. The fourth-order valence-electron chi connectivity index (χ4n) is 2.27. The van der Waals surface area contributed by atoms with E-state index in [2.05, 4.69) is 35.8 Å². The molecule has 0 bridgehead atoms. The number of hydrogen-bond donors (Lipinski definition) is 0. The molecule has 3 nitrogen and oxygen atoms in total. The van der Waals surface area contributed by atoms with Crippen molar-refractivity contribution in [2.45, 2.75) is 52.7 Å². The number of carbonyl (C=O) groups is 1. The van der Waals surface area contributed by atoms with Gasteiger partial charge in [-0.3, -0.25) is 4.79 Å². The zero-order valence-corrected chi connectivity index (χ0v) is 12.8. The molecule has 0 fully saturated rings. The summed E-state index contributed by atoms with van der Waals surface area (Å²) in [6.07, 6.45) is 3.48. The van der Waals surface area contributed by atoms with Crippen LogP contribution < -0.4 is 0 Å². The number of rotatable bonds is 4. The van der Waals surface area contributed by atoms with E-state index < -0.39 is 5.60 Å². The normalized spacial score (nSPS) is 11.8. The molecule has 0 atom stereocenters. The van der Waals surface area contributed by atoms with E-state index in [-0.39, 0.29) is 5.97 Å². The molecule has 0 aliphatic heterocycles. The predicted molar refractivity (Wildman–Crippen MR) is 81.8 cm³/mol. The average molecular weight is 273 g/mol. The van der Waals surface area contributed by atoms with Gasteiger partial charge in [0.15, 0.2) is 0 Å². The number of aromatic nitrogens is 1. The highest BCUT2D eigenvalue weighted by molar-refractivity contribution is 5.81. The molecule has 1 aromatic heterocycles. The number of carbonyl (C=O) groups excluding carboxylic acids is 1. The van der Waals surface area contributed by atoms with E-state index in [9.17, 15) is 4.79 Å². The van der Waals surface area contributed by atoms with Crippen LogP contribution in [0, 0.1) is 0 Å². The van der Waals surface area contributed by atoms with Crippen LogP contribution >= 0.6 is 0 Å². The second-order valence-electron chi connectivity index (χ2n) is 6.09. The smallest absolute Gasteiger partial charge is 0.308 e. The molecule has 0 aliphatic rings. The van der Waals surface area contributed by atoms with Crippen LogP contribution in [0.4, 0.5) is 0 Å². The number of benzene rings is 1. The lowest BCUT2D eigenvalue weighted by Gasteiger charge is -2.19. The van der Waals surface area contributed by atoms with E-state index in [4.69, 9.17) is 4.74 Å². The number of hydrogen-bond acceptors (Lipinski definition) is 2. The highest BCUT2D eigenvalue weighted by atomic mass is 16.6. The van der Waals surface area contributed by atoms with Gasteiger partial charge in [0, 0.05) is 18.3 Å². The van der Waals surface area contributed by atoms with Crippen molar-refractivity contribution in [2.24, 2.45) is 0 Å². The van der Waals surface area contributed by atoms with E-state index >= 15 is 0 Å². The van der Waals surface area contributed by atoms with Crippen molar-refractivity contribution in [1.29, 1.82) is 0 Å². The predicted octanol–water partition coefficient (Wildman–Crippen LogP) is 3.94. The Morgan fingerprint density at radius 2 is 2.00 bits per heavy atom. The number of aryl methyl sites for hydroxylation is 2. The Morgan fingerprint density at radius 1 is 1.25 bits per heavy atom.